The molecule has 0 radical (unpaired) electrons. The van der Waals surface area contributed by atoms with Crippen molar-refractivity contribution in [1.82, 2.24) is 9.38 Å². The van der Waals surface area contributed by atoms with E-state index in [0.717, 1.165) is 48.1 Å². The summed E-state index contributed by atoms with van der Waals surface area (Å²) in [5.74, 6) is 1.30. The van der Waals surface area contributed by atoms with Crippen LogP contribution in [0.3, 0.4) is 0 Å². The molecule has 2 aromatic heterocycles. The molecule has 0 saturated heterocycles. The number of imidazole rings is 1. The quantitative estimate of drug-likeness (QED) is 0.290. The van der Waals surface area contributed by atoms with Gasteiger partial charge in [0, 0.05) is 5.69 Å². The molecule has 1 atom stereocenters. The van der Waals surface area contributed by atoms with E-state index >= 15 is 0 Å². The molecule has 2 fully saturated rings. The molecule has 6 rings (SSSR count). The Bertz CT molecular complexity index is 1350. The fraction of sp³-hybridized carbons (Fsp3) is 0.355. The standard InChI is InChI=1S/C31H33N3O3/c35-30(29-28(24-8-9-24)17-16-27-18-32-20-34(27)29)25-10-6-22(7-11-25)23-12-14-26(15-13-23)33-31(36)37-19-21-4-2-1-3-5-21/h1-5,12-18,20,22,24-25,30,35H,6-11,19H2,(H,33,36). The lowest BCUT2D eigenvalue weighted by atomic mass is 9.75. The normalized spacial score (nSPS) is 20.5. The Morgan fingerprint density at radius 2 is 1.68 bits per heavy atom. The highest BCUT2D eigenvalue weighted by Gasteiger charge is 2.34. The molecule has 2 heterocycles. The van der Waals surface area contributed by atoms with Crippen LogP contribution in [-0.4, -0.2) is 20.6 Å². The number of rotatable bonds is 7. The van der Waals surface area contributed by atoms with Gasteiger partial charge in [-0.3, -0.25) is 5.32 Å². The summed E-state index contributed by atoms with van der Waals surface area (Å²) in [6, 6.07) is 22.1. The lowest BCUT2D eigenvalue weighted by Gasteiger charge is -2.33. The molecule has 37 heavy (non-hydrogen) atoms. The van der Waals surface area contributed by atoms with Crippen LogP contribution < -0.4 is 5.32 Å². The molecule has 4 aromatic rings. The molecular weight excluding hydrogens is 462 g/mol. The number of aliphatic hydroxyl groups excluding tert-OH is 1. The van der Waals surface area contributed by atoms with E-state index in [1.165, 1.54) is 24.0 Å². The third kappa shape index (κ3) is 5.25. The van der Waals surface area contributed by atoms with Gasteiger partial charge in [0.2, 0.25) is 0 Å². The average Bonchev–Trinajstić information content (AvgIpc) is 3.68. The third-order valence-corrected chi connectivity index (χ3v) is 8.01. The molecule has 1 amide bonds. The Labute approximate surface area is 217 Å². The van der Waals surface area contributed by atoms with Crippen LogP contribution in [0.4, 0.5) is 10.5 Å². The van der Waals surface area contributed by atoms with Crippen LogP contribution >= 0.6 is 0 Å². The molecule has 2 N–H and O–H groups in total. The maximum Gasteiger partial charge on any atom is 0.411 e. The number of carbonyl (C=O) groups excluding carboxylic acids is 1. The van der Waals surface area contributed by atoms with Crippen LogP contribution in [0.15, 0.2) is 79.3 Å². The zero-order valence-corrected chi connectivity index (χ0v) is 20.9. The number of aliphatic hydroxyl groups is 1. The van der Waals surface area contributed by atoms with Gasteiger partial charge in [0.15, 0.2) is 0 Å². The fourth-order valence-electron chi connectivity index (χ4n) is 5.79. The lowest BCUT2D eigenvalue weighted by molar-refractivity contribution is 0.0754. The van der Waals surface area contributed by atoms with Crippen molar-refractivity contribution >= 4 is 17.3 Å². The number of nitrogens with zero attached hydrogens (tertiary/aromatic N) is 2. The van der Waals surface area contributed by atoms with Gasteiger partial charge in [-0.2, -0.15) is 0 Å². The molecule has 2 saturated carbocycles. The van der Waals surface area contributed by atoms with Gasteiger partial charge in [0.1, 0.15) is 6.61 Å². The lowest BCUT2D eigenvalue weighted by Crippen LogP contribution is -2.22. The molecule has 1 unspecified atom stereocenters. The summed E-state index contributed by atoms with van der Waals surface area (Å²) in [4.78, 5) is 16.5. The number of hydrogen-bond acceptors (Lipinski definition) is 4. The summed E-state index contributed by atoms with van der Waals surface area (Å²) < 4.78 is 7.42. The molecule has 0 aliphatic heterocycles. The van der Waals surface area contributed by atoms with Crippen molar-refractivity contribution in [2.24, 2.45) is 5.92 Å². The second-order valence-electron chi connectivity index (χ2n) is 10.5. The van der Waals surface area contributed by atoms with Gasteiger partial charge in [-0.15, -0.1) is 0 Å². The highest BCUT2D eigenvalue weighted by atomic mass is 16.5. The van der Waals surface area contributed by atoms with Gasteiger partial charge in [-0.1, -0.05) is 48.5 Å². The summed E-state index contributed by atoms with van der Waals surface area (Å²) >= 11 is 0. The first-order valence-electron chi connectivity index (χ1n) is 13.4. The minimum absolute atomic E-state index is 0.247. The number of carbonyl (C=O) groups is 1. The van der Waals surface area contributed by atoms with E-state index in [1.54, 1.807) is 0 Å². The van der Waals surface area contributed by atoms with Crippen LogP contribution in [0.25, 0.3) is 5.52 Å². The molecule has 0 bridgehead atoms. The number of nitrogens with one attached hydrogen (secondary N) is 1. The number of fused-ring (bicyclic) bond motifs is 1. The maximum absolute atomic E-state index is 12.2. The monoisotopic (exact) mass is 495 g/mol. The van der Waals surface area contributed by atoms with Gasteiger partial charge >= 0.3 is 6.09 Å². The number of anilines is 1. The van der Waals surface area contributed by atoms with Crippen molar-refractivity contribution in [3.63, 3.8) is 0 Å². The van der Waals surface area contributed by atoms with E-state index in [-0.39, 0.29) is 12.5 Å². The number of aromatic nitrogens is 2. The molecule has 6 heteroatoms. The molecule has 6 nitrogen and oxygen atoms in total. The summed E-state index contributed by atoms with van der Waals surface area (Å²) in [6.45, 7) is 0.247. The number of benzene rings is 2. The third-order valence-electron chi connectivity index (χ3n) is 8.01. The van der Waals surface area contributed by atoms with Crippen molar-refractivity contribution in [3.05, 3.63) is 102 Å². The van der Waals surface area contributed by atoms with Crippen LogP contribution in [0, 0.1) is 5.92 Å². The Hall–Kier alpha value is -3.64. The molecule has 0 spiro atoms. The van der Waals surface area contributed by atoms with Crippen molar-refractivity contribution in [1.29, 1.82) is 0 Å². The molecular formula is C31H33N3O3. The van der Waals surface area contributed by atoms with Crippen LogP contribution in [0.1, 0.15) is 78.8 Å². The number of hydrogen-bond donors (Lipinski definition) is 2. The Morgan fingerprint density at radius 3 is 2.41 bits per heavy atom. The molecule has 2 aromatic carbocycles. The van der Waals surface area contributed by atoms with Crippen molar-refractivity contribution in [3.8, 4) is 0 Å². The summed E-state index contributed by atoms with van der Waals surface area (Å²) in [6.07, 6.45) is 9.29. The Kier molecular flexibility index (Phi) is 6.66. The molecule has 190 valence electrons. The predicted octanol–water partition coefficient (Wildman–Crippen LogP) is 6.97. The first-order chi connectivity index (χ1) is 18.2. The predicted molar refractivity (Wildman–Crippen MR) is 144 cm³/mol. The smallest absolute Gasteiger partial charge is 0.411 e. The first-order valence-corrected chi connectivity index (χ1v) is 13.4. The van der Waals surface area contributed by atoms with Crippen molar-refractivity contribution < 1.29 is 14.6 Å². The largest absolute Gasteiger partial charge is 0.444 e. The second kappa shape index (κ2) is 10.4. The Morgan fingerprint density at radius 1 is 0.946 bits per heavy atom. The zero-order valence-electron chi connectivity index (χ0n) is 20.9. The van der Waals surface area contributed by atoms with Crippen LogP contribution in [0.5, 0.6) is 0 Å². The van der Waals surface area contributed by atoms with Crippen molar-refractivity contribution in [2.45, 2.75) is 63.1 Å². The van der Waals surface area contributed by atoms with Crippen LogP contribution in [-0.2, 0) is 11.3 Å². The van der Waals surface area contributed by atoms with E-state index in [2.05, 4.69) is 39.0 Å². The summed E-state index contributed by atoms with van der Waals surface area (Å²) in [7, 11) is 0. The number of pyridine rings is 1. The Balaban J connectivity index is 1.05. The van der Waals surface area contributed by atoms with E-state index in [0.29, 0.717) is 11.8 Å². The van der Waals surface area contributed by atoms with Gasteiger partial charge in [-0.05, 0) is 91.2 Å². The van der Waals surface area contributed by atoms with Crippen LogP contribution in [0.2, 0.25) is 0 Å². The van der Waals surface area contributed by atoms with Gasteiger partial charge in [0.05, 0.1) is 29.8 Å². The zero-order chi connectivity index (χ0) is 25.2. The van der Waals surface area contributed by atoms with Crippen molar-refractivity contribution in [2.75, 3.05) is 5.32 Å². The highest BCUT2D eigenvalue weighted by Crippen LogP contribution is 2.47. The number of ether oxygens (including phenoxy) is 1. The van der Waals surface area contributed by atoms with Gasteiger partial charge in [-0.25, -0.2) is 9.78 Å². The van der Waals surface area contributed by atoms with Gasteiger partial charge in [0.25, 0.3) is 0 Å². The van der Waals surface area contributed by atoms with E-state index in [1.807, 2.05) is 55.0 Å². The van der Waals surface area contributed by atoms with Gasteiger partial charge < -0.3 is 14.2 Å². The minimum atomic E-state index is -0.470. The van der Waals surface area contributed by atoms with E-state index < -0.39 is 12.2 Å². The average molecular weight is 496 g/mol. The summed E-state index contributed by atoms with van der Waals surface area (Å²) in [5.41, 5.74) is 6.36. The van der Waals surface area contributed by atoms with E-state index in [4.69, 9.17) is 4.74 Å². The maximum atomic E-state index is 12.2. The molecule has 2 aliphatic rings. The topological polar surface area (TPSA) is 75.9 Å². The highest BCUT2D eigenvalue weighted by molar-refractivity contribution is 5.84. The molecule has 2 aliphatic carbocycles. The SMILES string of the molecule is O=C(Nc1ccc(C2CCC(C(O)c3c(C4CC4)ccc4cncn34)CC2)cc1)OCc1ccccc1. The second-order valence-corrected chi connectivity index (χ2v) is 10.5. The first kappa shape index (κ1) is 23.7. The fourth-order valence-corrected chi connectivity index (χ4v) is 5.79. The van der Waals surface area contributed by atoms with E-state index in [9.17, 15) is 9.90 Å². The minimum Gasteiger partial charge on any atom is -0.444 e. The number of amides is 1. The summed E-state index contributed by atoms with van der Waals surface area (Å²) in [5, 5.41) is 14.3.